The second-order valence-corrected chi connectivity index (χ2v) is 9.92. The van der Waals surface area contributed by atoms with Gasteiger partial charge < -0.3 is 37.0 Å². The van der Waals surface area contributed by atoms with Crippen LogP contribution in [0.25, 0.3) is 0 Å². The number of aliphatic hydroxyl groups excluding tert-OH is 1. The van der Waals surface area contributed by atoms with Crippen molar-refractivity contribution in [2.24, 2.45) is 17.6 Å². The molecule has 1 aromatic carbocycles. The number of carbonyl (C=O) groups excluding carboxylic acids is 3. The van der Waals surface area contributed by atoms with Gasteiger partial charge in [0.2, 0.25) is 17.7 Å². The normalized spacial score (nSPS) is 15.5. The lowest BCUT2D eigenvalue weighted by molar-refractivity contribution is -0.143. The van der Waals surface area contributed by atoms with E-state index in [1.54, 1.807) is 26.0 Å². The SMILES string of the molecule is CC(C)CC(N)C(=O)NC(Cc1ccc(O)cc1)C(=O)NC(C(=O)NC(CC(C)C)C(=O)O)C(C)O. The topological polar surface area (TPSA) is 191 Å². The van der Waals surface area contributed by atoms with E-state index in [0.29, 0.717) is 12.0 Å². The molecule has 36 heavy (non-hydrogen) atoms. The number of phenols is 1. The fourth-order valence-corrected chi connectivity index (χ4v) is 3.58. The first-order valence-electron chi connectivity index (χ1n) is 12.1. The molecule has 1 rings (SSSR count). The molecule has 0 aliphatic carbocycles. The molecule has 0 spiro atoms. The van der Waals surface area contributed by atoms with Crippen LogP contribution in [0.15, 0.2) is 24.3 Å². The van der Waals surface area contributed by atoms with Crippen LogP contribution in [-0.2, 0) is 25.6 Å². The van der Waals surface area contributed by atoms with Crippen LogP contribution in [0.3, 0.4) is 0 Å². The van der Waals surface area contributed by atoms with E-state index < -0.39 is 54.0 Å². The molecule has 202 valence electrons. The van der Waals surface area contributed by atoms with E-state index in [1.807, 2.05) is 13.8 Å². The molecule has 0 saturated heterocycles. The number of nitrogens with two attached hydrogens (primary N) is 1. The van der Waals surface area contributed by atoms with Crippen molar-refractivity contribution in [2.75, 3.05) is 0 Å². The number of rotatable bonds is 14. The minimum atomic E-state index is -1.46. The number of hydrogen-bond acceptors (Lipinski definition) is 7. The Morgan fingerprint density at radius 1 is 0.806 bits per heavy atom. The summed E-state index contributed by atoms with van der Waals surface area (Å²) in [6.45, 7) is 8.70. The molecule has 3 amide bonds. The lowest BCUT2D eigenvalue weighted by Crippen LogP contribution is -2.60. The smallest absolute Gasteiger partial charge is 0.326 e. The van der Waals surface area contributed by atoms with Crippen molar-refractivity contribution in [3.05, 3.63) is 29.8 Å². The van der Waals surface area contributed by atoms with Crippen LogP contribution in [0.2, 0.25) is 0 Å². The first-order chi connectivity index (χ1) is 16.7. The Morgan fingerprint density at radius 2 is 1.33 bits per heavy atom. The third-order valence-corrected chi connectivity index (χ3v) is 5.46. The molecule has 0 heterocycles. The Labute approximate surface area is 211 Å². The molecule has 1 aromatic rings. The maximum Gasteiger partial charge on any atom is 0.326 e. The average molecular weight is 509 g/mol. The highest BCUT2D eigenvalue weighted by atomic mass is 16.4. The number of carboxylic acids is 1. The Morgan fingerprint density at radius 3 is 1.81 bits per heavy atom. The standard InChI is InChI=1S/C25H40N4O7/c1-13(2)10-18(26)22(32)27-19(12-16-6-8-17(31)9-7-16)23(33)29-21(15(5)30)24(34)28-20(25(35)36)11-14(3)4/h6-9,13-15,18-21,30-31H,10-12,26H2,1-5H3,(H,27,32)(H,28,34)(H,29,33)(H,35,36). The number of benzene rings is 1. The molecule has 0 aliphatic heterocycles. The second-order valence-electron chi connectivity index (χ2n) is 9.92. The molecular weight excluding hydrogens is 468 g/mol. The molecule has 11 nitrogen and oxygen atoms in total. The van der Waals surface area contributed by atoms with E-state index >= 15 is 0 Å². The van der Waals surface area contributed by atoms with Gasteiger partial charge in [0.05, 0.1) is 12.1 Å². The third kappa shape index (κ3) is 10.6. The summed E-state index contributed by atoms with van der Waals surface area (Å²) >= 11 is 0. The monoisotopic (exact) mass is 508 g/mol. The van der Waals surface area contributed by atoms with Crippen LogP contribution in [0.4, 0.5) is 0 Å². The highest BCUT2D eigenvalue weighted by Gasteiger charge is 2.33. The van der Waals surface area contributed by atoms with Gasteiger partial charge in [-0.2, -0.15) is 0 Å². The van der Waals surface area contributed by atoms with E-state index in [0.717, 1.165) is 0 Å². The van der Waals surface area contributed by atoms with Crippen molar-refractivity contribution < 1.29 is 34.5 Å². The van der Waals surface area contributed by atoms with Crippen molar-refractivity contribution in [3.63, 3.8) is 0 Å². The number of aliphatic carboxylic acids is 1. The molecular formula is C25H40N4O7. The second kappa shape index (κ2) is 14.4. The summed E-state index contributed by atoms with van der Waals surface area (Å²) < 4.78 is 0. The molecule has 0 saturated carbocycles. The summed E-state index contributed by atoms with van der Waals surface area (Å²) in [7, 11) is 0. The zero-order chi connectivity index (χ0) is 27.6. The lowest BCUT2D eigenvalue weighted by atomic mass is 10.0. The van der Waals surface area contributed by atoms with Crippen molar-refractivity contribution in [2.45, 2.75) is 84.2 Å². The van der Waals surface area contributed by atoms with E-state index in [9.17, 15) is 34.5 Å². The van der Waals surface area contributed by atoms with Crippen molar-refractivity contribution in [1.29, 1.82) is 0 Å². The van der Waals surface area contributed by atoms with Gasteiger partial charge in [-0.15, -0.1) is 0 Å². The molecule has 11 heteroatoms. The largest absolute Gasteiger partial charge is 0.508 e. The van der Waals surface area contributed by atoms with Gasteiger partial charge in [-0.3, -0.25) is 14.4 Å². The van der Waals surface area contributed by atoms with Gasteiger partial charge in [-0.25, -0.2) is 4.79 Å². The minimum absolute atomic E-state index is 0.0193. The predicted molar refractivity (Wildman–Crippen MR) is 134 cm³/mol. The molecule has 0 fully saturated rings. The zero-order valence-electron chi connectivity index (χ0n) is 21.5. The quantitative estimate of drug-likeness (QED) is 0.186. The van der Waals surface area contributed by atoms with E-state index in [2.05, 4.69) is 16.0 Å². The van der Waals surface area contributed by atoms with Gasteiger partial charge in [-0.05, 0) is 49.3 Å². The van der Waals surface area contributed by atoms with Gasteiger partial charge in [0.25, 0.3) is 0 Å². The zero-order valence-corrected chi connectivity index (χ0v) is 21.5. The van der Waals surface area contributed by atoms with E-state index in [1.165, 1.54) is 19.1 Å². The summed E-state index contributed by atoms with van der Waals surface area (Å²) in [6, 6.07) is 1.36. The van der Waals surface area contributed by atoms with Crippen LogP contribution in [-0.4, -0.2) is 69.3 Å². The fourth-order valence-electron chi connectivity index (χ4n) is 3.58. The van der Waals surface area contributed by atoms with Crippen LogP contribution in [0, 0.1) is 11.8 Å². The number of hydrogen-bond donors (Lipinski definition) is 7. The average Bonchev–Trinajstić information content (AvgIpc) is 2.76. The van der Waals surface area contributed by atoms with Gasteiger partial charge in [0, 0.05) is 6.42 Å². The van der Waals surface area contributed by atoms with Crippen molar-refractivity contribution >= 4 is 23.7 Å². The maximum absolute atomic E-state index is 13.2. The van der Waals surface area contributed by atoms with E-state index in [4.69, 9.17) is 5.73 Å². The molecule has 0 aromatic heterocycles. The van der Waals surface area contributed by atoms with Gasteiger partial charge in [-0.1, -0.05) is 39.8 Å². The van der Waals surface area contributed by atoms with Gasteiger partial charge >= 0.3 is 5.97 Å². The maximum atomic E-state index is 13.2. The fraction of sp³-hybridized carbons (Fsp3) is 0.600. The van der Waals surface area contributed by atoms with Crippen LogP contribution in [0.1, 0.15) is 53.0 Å². The van der Waals surface area contributed by atoms with E-state index in [-0.39, 0.29) is 30.4 Å². The Hall–Kier alpha value is -3.18. The number of aromatic hydroxyl groups is 1. The van der Waals surface area contributed by atoms with Crippen LogP contribution < -0.4 is 21.7 Å². The number of nitrogens with one attached hydrogen (secondary N) is 3. The molecule has 5 unspecified atom stereocenters. The van der Waals surface area contributed by atoms with Gasteiger partial charge in [0.1, 0.15) is 23.9 Å². The summed E-state index contributed by atoms with van der Waals surface area (Å²) in [6.07, 6.45) is -0.777. The Bertz CT molecular complexity index is 887. The number of carbonyl (C=O) groups is 4. The number of carboxylic acid groups (broad SMARTS) is 1. The van der Waals surface area contributed by atoms with Crippen molar-refractivity contribution in [3.8, 4) is 5.75 Å². The van der Waals surface area contributed by atoms with Crippen molar-refractivity contribution in [1.82, 2.24) is 16.0 Å². The highest BCUT2D eigenvalue weighted by Crippen LogP contribution is 2.13. The minimum Gasteiger partial charge on any atom is -0.508 e. The Kier molecular flexibility index (Phi) is 12.3. The number of amides is 3. The molecule has 0 radical (unpaired) electrons. The highest BCUT2D eigenvalue weighted by molar-refractivity contribution is 5.94. The third-order valence-electron chi connectivity index (χ3n) is 5.46. The molecule has 8 N–H and O–H groups in total. The predicted octanol–water partition coefficient (Wildman–Crippen LogP) is 0.274. The summed E-state index contributed by atoms with van der Waals surface area (Å²) in [4.78, 5) is 50.2. The summed E-state index contributed by atoms with van der Waals surface area (Å²) in [5.74, 6) is -3.25. The number of aliphatic hydroxyl groups is 1. The van der Waals surface area contributed by atoms with Gasteiger partial charge in [0.15, 0.2) is 0 Å². The van der Waals surface area contributed by atoms with Crippen LogP contribution >= 0.6 is 0 Å². The molecule has 5 atom stereocenters. The first-order valence-corrected chi connectivity index (χ1v) is 12.1. The Balaban J connectivity index is 3.10. The van der Waals surface area contributed by atoms with Crippen LogP contribution in [0.5, 0.6) is 5.75 Å². The molecule has 0 aliphatic rings. The number of phenolic OH excluding ortho intramolecular Hbond substituents is 1. The lowest BCUT2D eigenvalue weighted by Gasteiger charge is -2.27. The summed E-state index contributed by atoms with van der Waals surface area (Å²) in [5, 5.41) is 36.5. The molecule has 0 bridgehead atoms. The summed E-state index contributed by atoms with van der Waals surface area (Å²) in [5.41, 5.74) is 6.58. The first kappa shape index (κ1) is 30.9.